The Kier molecular flexibility index (Phi) is 8.54. The molecule has 0 bridgehead atoms. The molecule has 112 valence electrons. The van der Waals surface area contributed by atoms with E-state index in [2.05, 4.69) is 42.8 Å². The lowest BCUT2D eigenvalue weighted by molar-refractivity contribution is 0.639. The average molecular weight is 316 g/mol. The highest BCUT2D eigenvalue weighted by Crippen LogP contribution is 2.17. The summed E-state index contributed by atoms with van der Waals surface area (Å²) in [4.78, 5) is 0. The van der Waals surface area contributed by atoms with Crippen LogP contribution in [0.15, 0.2) is 30.3 Å². The maximum atomic E-state index is 5.86. The third-order valence-electron chi connectivity index (χ3n) is 3.30. The first-order chi connectivity index (χ1) is 8.80. The highest BCUT2D eigenvalue weighted by Gasteiger charge is 2.13. The van der Waals surface area contributed by atoms with Gasteiger partial charge in [-0.3, -0.25) is 4.68 Å². The fraction of sp³-hybridized carbons (Fsp3) is 0.400. The fourth-order valence-corrected chi connectivity index (χ4v) is 2.39. The standard InChI is InChI=1S/C15H21N3.2ClH/c1-3-14-13(10-16)15(4-2)18(17-14)11-12-8-6-5-7-9-12;;/h5-9H,3-4,10-11,16H2,1-2H3;2*1H. The number of hydrogen-bond acceptors (Lipinski definition) is 2. The van der Waals surface area contributed by atoms with Gasteiger partial charge in [-0.05, 0) is 18.4 Å². The van der Waals surface area contributed by atoms with Crippen LogP contribution < -0.4 is 5.73 Å². The van der Waals surface area contributed by atoms with E-state index < -0.39 is 0 Å². The predicted octanol–water partition coefficient (Wildman–Crippen LogP) is 3.36. The molecule has 0 saturated carbocycles. The van der Waals surface area contributed by atoms with E-state index in [1.54, 1.807) is 0 Å². The summed E-state index contributed by atoms with van der Waals surface area (Å²) in [5.41, 5.74) is 10.8. The highest BCUT2D eigenvalue weighted by atomic mass is 35.5. The van der Waals surface area contributed by atoms with Gasteiger partial charge in [0, 0.05) is 17.8 Å². The van der Waals surface area contributed by atoms with E-state index in [-0.39, 0.29) is 24.8 Å². The molecule has 0 saturated heterocycles. The number of halogens is 2. The maximum Gasteiger partial charge on any atom is 0.0669 e. The van der Waals surface area contributed by atoms with Crippen molar-refractivity contribution in [3.63, 3.8) is 0 Å². The SMILES string of the molecule is CCc1nn(Cc2ccccc2)c(CC)c1CN.Cl.Cl. The number of nitrogens with two attached hydrogens (primary N) is 1. The first-order valence-corrected chi connectivity index (χ1v) is 6.61. The summed E-state index contributed by atoms with van der Waals surface area (Å²) in [6, 6.07) is 10.4. The largest absolute Gasteiger partial charge is 0.326 e. The van der Waals surface area contributed by atoms with Crippen molar-refractivity contribution in [3.05, 3.63) is 52.8 Å². The summed E-state index contributed by atoms with van der Waals surface area (Å²) in [6.45, 7) is 5.71. The second-order valence-corrected chi connectivity index (χ2v) is 4.43. The van der Waals surface area contributed by atoms with Crippen molar-refractivity contribution in [3.8, 4) is 0 Å². The molecule has 0 aliphatic heterocycles. The van der Waals surface area contributed by atoms with Crippen LogP contribution in [0.3, 0.4) is 0 Å². The summed E-state index contributed by atoms with van der Waals surface area (Å²) >= 11 is 0. The summed E-state index contributed by atoms with van der Waals surface area (Å²) < 4.78 is 2.11. The summed E-state index contributed by atoms with van der Waals surface area (Å²) in [6.07, 6.45) is 1.92. The zero-order valence-corrected chi connectivity index (χ0v) is 13.6. The first-order valence-electron chi connectivity index (χ1n) is 6.61. The summed E-state index contributed by atoms with van der Waals surface area (Å²) in [5, 5.41) is 4.70. The van der Waals surface area contributed by atoms with Gasteiger partial charge in [0.1, 0.15) is 0 Å². The molecule has 0 spiro atoms. The zero-order chi connectivity index (χ0) is 13.0. The number of rotatable bonds is 5. The van der Waals surface area contributed by atoms with Crippen LogP contribution in [0.1, 0.15) is 36.4 Å². The Labute approximate surface area is 133 Å². The second-order valence-electron chi connectivity index (χ2n) is 4.43. The summed E-state index contributed by atoms with van der Waals surface area (Å²) in [7, 11) is 0. The van der Waals surface area contributed by atoms with Crippen LogP contribution in [-0.2, 0) is 25.9 Å². The van der Waals surface area contributed by atoms with E-state index in [0.717, 1.165) is 25.1 Å². The van der Waals surface area contributed by atoms with Crippen LogP contribution >= 0.6 is 24.8 Å². The van der Waals surface area contributed by atoms with Crippen molar-refractivity contribution in [1.29, 1.82) is 0 Å². The van der Waals surface area contributed by atoms with Crippen LogP contribution in [0, 0.1) is 0 Å². The Morgan fingerprint density at radius 1 is 1.05 bits per heavy atom. The van der Waals surface area contributed by atoms with E-state index in [1.165, 1.54) is 16.8 Å². The molecular formula is C15H23Cl2N3. The molecule has 2 aromatic rings. The quantitative estimate of drug-likeness (QED) is 0.919. The van der Waals surface area contributed by atoms with Gasteiger partial charge in [-0.2, -0.15) is 5.10 Å². The lowest BCUT2D eigenvalue weighted by atomic mass is 10.1. The van der Waals surface area contributed by atoms with Gasteiger partial charge >= 0.3 is 0 Å². The van der Waals surface area contributed by atoms with E-state index >= 15 is 0 Å². The number of benzene rings is 1. The van der Waals surface area contributed by atoms with Crippen molar-refractivity contribution < 1.29 is 0 Å². The van der Waals surface area contributed by atoms with E-state index in [1.807, 2.05) is 6.07 Å². The van der Waals surface area contributed by atoms with E-state index in [0.29, 0.717) is 6.54 Å². The van der Waals surface area contributed by atoms with Crippen molar-refractivity contribution in [1.82, 2.24) is 9.78 Å². The van der Waals surface area contributed by atoms with Crippen LogP contribution in [-0.4, -0.2) is 9.78 Å². The first kappa shape index (κ1) is 19.0. The lowest BCUT2D eigenvalue weighted by Crippen LogP contribution is -2.08. The number of aromatic nitrogens is 2. The molecule has 0 radical (unpaired) electrons. The van der Waals surface area contributed by atoms with Crippen molar-refractivity contribution in [2.24, 2.45) is 5.73 Å². The molecule has 3 nitrogen and oxygen atoms in total. The third kappa shape index (κ3) is 3.98. The van der Waals surface area contributed by atoms with Crippen molar-refractivity contribution in [2.45, 2.75) is 39.8 Å². The topological polar surface area (TPSA) is 43.8 Å². The van der Waals surface area contributed by atoms with Crippen LogP contribution in [0.2, 0.25) is 0 Å². The molecule has 5 heteroatoms. The molecule has 20 heavy (non-hydrogen) atoms. The van der Waals surface area contributed by atoms with Crippen LogP contribution in [0.5, 0.6) is 0 Å². The smallest absolute Gasteiger partial charge is 0.0669 e. The van der Waals surface area contributed by atoms with Gasteiger partial charge in [0.2, 0.25) is 0 Å². The molecule has 0 unspecified atom stereocenters. The molecular weight excluding hydrogens is 293 g/mol. The van der Waals surface area contributed by atoms with Gasteiger partial charge in [0.15, 0.2) is 0 Å². The second kappa shape index (κ2) is 9.01. The number of aryl methyl sites for hydroxylation is 1. The Balaban J connectivity index is 0.00000180. The Morgan fingerprint density at radius 2 is 1.70 bits per heavy atom. The minimum Gasteiger partial charge on any atom is -0.326 e. The molecule has 0 atom stereocenters. The minimum atomic E-state index is 0. The van der Waals surface area contributed by atoms with Gasteiger partial charge in [-0.15, -0.1) is 24.8 Å². The highest BCUT2D eigenvalue weighted by molar-refractivity contribution is 5.85. The monoisotopic (exact) mass is 315 g/mol. The van der Waals surface area contributed by atoms with Gasteiger partial charge in [-0.25, -0.2) is 0 Å². The van der Waals surface area contributed by atoms with Crippen molar-refractivity contribution >= 4 is 24.8 Å². The molecule has 2 rings (SSSR count). The average Bonchev–Trinajstić information content (AvgIpc) is 2.76. The normalized spacial score (nSPS) is 9.75. The number of nitrogens with zero attached hydrogens (tertiary/aromatic N) is 2. The van der Waals surface area contributed by atoms with E-state index in [9.17, 15) is 0 Å². The van der Waals surface area contributed by atoms with Gasteiger partial charge in [0.25, 0.3) is 0 Å². The fourth-order valence-electron chi connectivity index (χ4n) is 2.39. The van der Waals surface area contributed by atoms with Gasteiger partial charge in [0.05, 0.1) is 12.2 Å². The molecule has 2 N–H and O–H groups in total. The molecule has 1 heterocycles. The van der Waals surface area contributed by atoms with Crippen LogP contribution in [0.4, 0.5) is 0 Å². The Bertz CT molecular complexity index is 509. The molecule has 1 aromatic heterocycles. The zero-order valence-electron chi connectivity index (χ0n) is 12.0. The minimum absolute atomic E-state index is 0. The van der Waals surface area contributed by atoms with Crippen molar-refractivity contribution in [2.75, 3.05) is 0 Å². The molecule has 0 fully saturated rings. The lowest BCUT2D eigenvalue weighted by Gasteiger charge is -2.07. The molecule has 0 aliphatic rings. The van der Waals surface area contributed by atoms with Crippen LogP contribution in [0.25, 0.3) is 0 Å². The third-order valence-corrected chi connectivity index (χ3v) is 3.30. The Morgan fingerprint density at radius 3 is 2.20 bits per heavy atom. The molecule has 0 amide bonds. The Hall–Kier alpha value is -1.03. The maximum absolute atomic E-state index is 5.86. The number of hydrogen-bond donors (Lipinski definition) is 1. The van der Waals surface area contributed by atoms with Gasteiger partial charge < -0.3 is 5.73 Å². The molecule has 0 aliphatic carbocycles. The predicted molar refractivity (Wildman–Crippen MR) is 88.9 cm³/mol. The van der Waals surface area contributed by atoms with Gasteiger partial charge in [-0.1, -0.05) is 44.2 Å². The summed E-state index contributed by atoms with van der Waals surface area (Å²) in [5.74, 6) is 0. The van der Waals surface area contributed by atoms with E-state index in [4.69, 9.17) is 10.8 Å². The molecule has 1 aromatic carbocycles.